The molecule has 1 aliphatic rings. The molecule has 1 atom stereocenters. The first-order valence-corrected chi connectivity index (χ1v) is 8.56. The molecule has 1 heterocycles. The van der Waals surface area contributed by atoms with Crippen molar-refractivity contribution in [2.75, 3.05) is 23.9 Å². The molecule has 1 fully saturated rings. The summed E-state index contributed by atoms with van der Waals surface area (Å²) in [7, 11) is 1.55. The molecule has 2 aromatic rings. The van der Waals surface area contributed by atoms with E-state index in [1.54, 1.807) is 24.1 Å². The van der Waals surface area contributed by atoms with Crippen LogP contribution in [0.1, 0.15) is 17.5 Å². The average Bonchev–Trinajstić information content (AvgIpc) is 2.98. The lowest BCUT2D eigenvalue weighted by molar-refractivity contribution is -0.117. The van der Waals surface area contributed by atoms with Crippen molar-refractivity contribution in [1.29, 1.82) is 0 Å². The Morgan fingerprint density at radius 1 is 1.15 bits per heavy atom. The Labute approximate surface area is 153 Å². The molecule has 6 nitrogen and oxygen atoms in total. The third kappa shape index (κ3) is 3.79. The molecular weight excluding hydrogens is 330 g/mol. The van der Waals surface area contributed by atoms with Crippen molar-refractivity contribution >= 4 is 23.3 Å². The van der Waals surface area contributed by atoms with Gasteiger partial charge in [-0.15, -0.1) is 0 Å². The van der Waals surface area contributed by atoms with Crippen molar-refractivity contribution in [1.82, 2.24) is 5.32 Å². The van der Waals surface area contributed by atoms with Gasteiger partial charge in [-0.3, -0.25) is 4.79 Å². The minimum absolute atomic E-state index is 0.0100. The van der Waals surface area contributed by atoms with Crippen molar-refractivity contribution in [3.05, 3.63) is 53.6 Å². The Bertz CT molecular complexity index is 835. The van der Waals surface area contributed by atoms with Crippen LogP contribution in [-0.4, -0.2) is 31.6 Å². The summed E-state index contributed by atoms with van der Waals surface area (Å²) in [5.41, 5.74) is 3.78. The number of carbonyl (C=O) groups excluding carboxylic acids is 2. The van der Waals surface area contributed by atoms with E-state index in [0.717, 1.165) is 11.3 Å². The zero-order valence-electron chi connectivity index (χ0n) is 15.2. The minimum atomic E-state index is -0.353. The maximum Gasteiger partial charge on any atom is 0.319 e. The lowest BCUT2D eigenvalue weighted by Crippen LogP contribution is -2.39. The zero-order chi connectivity index (χ0) is 18.7. The summed E-state index contributed by atoms with van der Waals surface area (Å²) in [6.07, 6.45) is 0.284. The first-order chi connectivity index (χ1) is 12.5. The highest BCUT2D eigenvalue weighted by atomic mass is 16.5. The molecule has 0 bridgehead atoms. The van der Waals surface area contributed by atoms with Gasteiger partial charge in [0.05, 0.1) is 18.8 Å². The number of urea groups is 1. The van der Waals surface area contributed by atoms with E-state index in [4.69, 9.17) is 4.74 Å². The first kappa shape index (κ1) is 17.8. The van der Waals surface area contributed by atoms with Crippen molar-refractivity contribution < 1.29 is 14.3 Å². The molecule has 2 aromatic carbocycles. The van der Waals surface area contributed by atoms with Gasteiger partial charge in [-0.1, -0.05) is 18.2 Å². The van der Waals surface area contributed by atoms with Crippen LogP contribution in [0, 0.1) is 13.8 Å². The fourth-order valence-corrected chi connectivity index (χ4v) is 3.04. The van der Waals surface area contributed by atoms with Crippen LogP contribution in [0.3, 0.4) is 0 Å². The van der Waals surface area contributed by atoms with Crippen LogP contribution in [0.25, 0.3) is 0 Å². The molecule has 2 N–H and O–H groups in total. The molecule has 1 aliphatic heterocycles. The number of carbonyl (C=O) groups is 2. The standard InChI is InChI=1S/C20H23N3O3/c1-13-8-9-16(10-14(13)2)23-12-15(11-19(23)24)21-20(25)22-17-6-4-5-7-18(17)26-3/h4-10,15H,11-12H2,1-3H3,(H2,21,22,25)/t15-/m1/s1. The number of aryl methyl sites for hydroxylation is 2. The lowest BCUT2D eigenvalue weighted by Gasteiger charge is -2.19. The fourth-order valence-electron chi connectivity index (χ4n) is 3.04. The summed E-state index contributed by atoms with van der Waals surface area (Å²) < 4.78 is 5.22. The number of benzene rings is 2. The van der Waals surface area contributed by atoms with E-state index in [9.17, 15) is 9.59 Å². The van der Waals surface area contributed by atoms with Crippen LogP contribution in [0.4, 0.5) is 16.2 Å². The molecule has 3 rings (SSSR count). The lowest BCUT2D eigenvalue weighted by atomic mass is 10.1. The Balaban J connectivity index is 1.63. The predicted molar refractivity (Wildman–Crippen MR) is 102 cm³/mol. The summed E-state index contributed by atoms with van der Waals surface area (Å²) in [5.74, 6) is 0.595. The summed E-state index contributed by atoms with van der Waals surface area (Å²) in [5, 5.41) is 5.64. The Kier molecular flexibility index (Phi) is 5.11. The molecule has 0 radical (unpaired) electrons. The zero-order valence-corrected chi connectivity index (χ0v) is 15.2. The molecular formula is C20H23N3O3. The third-order valence-electron chi connectivity index (χ3n) is 4.62. The highest BCUT2D eigenvalue weighted by Gasteiger charge is 2.31. The molecule has 1 saturated heterocycles. The van der Waals surface area contributed by atoms with Gasteiger partial charge in [-0.05, 0) is 49.2 Å². The summed E-state index contributed by atoms with van der Waals surface area (Å²) in [6, 6.07) is 12.6. The summed E-state index contributed by atoms with van der Waals surface area (Å²) >= 11 is 0. The summed E-state index contributed by atoms with van der Waals surface area (Å²) in [4.78, 5) is 26.4. The number of rotatable bonds is 4. The van der Waals surface area contributed by atoms with Crippen LogP contribution in [0.2, 0.25) is 0 Å². The largest absolute Gasteiger partial charge is 0.495 e. The number of para-hydroxylation sites is 2. The van der Waals surface area contributed by atoms with Crippen LogP contribution in [-0.2, 0) is 4.79 Å². The van der Waals surface area contributed by atoms with Gasteiger partial charge >= 0.3 is 6.03 Å². The normalized spacial score (nSPS) is 16.5. The van der Waals surface area contributed by atoms with E-state index in [-0.39, 0.29) is 24.4 Å². The van der Waals surface area contributed by atoms with E-state index in [0.29, 0.717) is 18.0 Å². The molecule has 0 aromatic heterocycles. The van der Waals surface area contributed by atoms with Gasteiger partial charge in [0, 0.05) is 18.7 Å². The summed E-state index contributed by atoms with van der Waals surface area (Å²) in [6.45, 7) is 4.52. The third-order valence-corrected chi connectivity index (χ3v) is 4.62. The maximum atomic E-state index is 12.4. The minimum Gasteiger partial charge on any atom is -0.495 e. The highest BCUT2D eigenvalue weighted by molar-refractivity contribution is 5.98. The van der Waals surface area contributed by atoms with Crippen LogP contribution in [0.15, 0.2) is 42.5 Å². The molecule has 0 aliphatic carbocycles. The van der Waals surface area contributed by atoms with Crippen LogP contribution in [0.5, 0.6) is 5.75 Å². The second kappa shape index (κ2) is 7.47. The van der Waals surface area contributed by atoms with Crippen molar-refractivity contribution in [2.45, 2.75) is 26.3 Å². The molecule has 0 unspecified atom stereocenters. The SMILES string of the molecule is COc1ccccc1NC(=O)N[C@@H]1CC(=O)N(c2ccc(C)c(C)c2)C1. The van der Waals surface area contributed by atoms with Crippen molar-refractivity contribution in [3.8, 4) is 5.75 Å². The number of amides is 3. The molecule has 0 saturated carbocycles. The average molecular weight is 353 g/mol. The van der Waals surface area contributed by atoms with Crippen LogP contribution < -0.4 is 20.3 Å². The highest BCUT2D eigenvalue weighted by Crippen LogP contribution is 2.25. The Hall–Kier alpha value is -3.02. The molecule has 26 heavy (non-hydrogen) atoms. The van der Waals surface area contributed by atoms with Gasteiger partial charge in [0.25, 0.3) is 0 Å². The molecule has 136 valence electrons. The Morgan fingerprint density at radius 2 is 1.92 bits per heavy atom. The Morgan fingerprint density at radius 3 is 2.65 bits per heavy atom. The van der Waals surface area contributed by atoms with Gasteiger partial charge in [-0.25, -0.2) is 4.79 Å². The molecule has 6 heteroatoms. The smallest absolute Gasteiger partial charge is 0.319 e. The number of nitrogens with zero attached hydrogens (tertiary/aromatic N) is 1. The van der Waals surface area contributed by atoms with E-state index in [2.05, 4.69) is 10.6 Å². The van der Waals surface area contributed by atoms with E-state index in [1.165, 1.54) is 5.56 Å². The van der Waals surface area contributed by atoms with E-state index >= 15 is 0 Å². The topological polar surface area (TPSA) is 70.7 Å². The number of hydrogen-bond donors (Lipinski definition) is 2. The van der Waals surface area contributed by atoms with Gasteiger partial charge in [0.2, 0.25) is 5.91 Å². The van der Waals surface area contributed by atoms with Crippen LogP contribution >= 0.6 is 0 Å². The van der Waals surface area contributed by atoms with Gasteiger partial charge in [0.15, 0.2) is 0 Å². The number of methoxy groups -OCH3 is 1. The van der Waals surface area contributed by atoms with Crippen molar-refractivity contribution in [3.63, 3.8) is 0 Å². The second-order valence-electron chi connectivity index (χ2n) is 6.47. The van der Waals surface area contributed by atoms with Gasteiger partial charge in [-0.2, -0.15) is 0 Å². The fraction of sp³-hybridized carbons (Fsp3) is 0.300. The van der Waals surface area contributed by atoms with Gasteiger partial charge in [0.1, 0.15) is 5.75 Å². The van der Waals surface area contributed by atoms with E-state index in [1.807, 2.05) is 44.2 Å². The monoisotopic (exact) mass is 353 g/mol. The first-order valence-electron chi connectivity index (χ1n) is 8.56. The number of nitrogens with one attached hydrogen (secondary N) is 2. The predicted octanol–water partition coefficient (Wildman–Crippen LogP) is 3.24. The quantitative estimate of drug-likeness (QED) is 0.886. The maximum absolute atomic E-state index is 12.4. The van der Waals surface area contributed by atoms with Crippen molar-refractivity contribution in [2.24, 2.45) is 0 Å². The number of ether oxygens (including phenoxy) is 1. The molecule has 0 spiro atoms. The number of hydrogen-bond acceptors (Lipinski definition) is 3. The van der Waals surface area contributed by atoms with E-state index < -0.39 is 0 Å². The second-order valence-corrected chi connectivity index (χ2v) is 6.47. The van der Waals surface area contributed by atoms with Gasteiger partial charge < -0.3 is 20.3 Å². The number of anilines is 2. The molecule has 3 amide bonds.